The summed E-state index contributed by atoms with van der Waals surface area (Å²) in [6.45, 7) is 5.44. The molecule has 2 aliphatic rings. The molecule has 8 nitrogen and oxygen atoms in total. The molecule has 4 aromatic rings. The molecule has 8 heteroatoms. The molecule has 3 aromatic heterocycles. The van der Waals surface area contributed by atoms with Crippen molar-refractivity contribution in [2.75, 3.05) is 44.2 Å². The van der Waals surface area contributed by atoms with Crippen LogP contribution in [0.5, 0.6) is 0 Å². The number of aromatic nitrogens is 3. The summed E-state index contributed by atoms with van der Waals surface area (Å²) in [5.74, 6) is 0.562. The minimum atomic E-state index is -0.321. The fourth-order valence-electron chi connectivity index (χ4n) is 5.58. The van der Waals surface area contributed by atoms with Crippen LogP contribution in [-0.2, 0) is 7.05 Å². The Kier molecular flexibility index (Phi) is 5.25. The number of likely N-dealkylation sites (tertiary alicyclic amines) is 1. The van der Waals surface area contributed by atoms with Gasteiger partial charge in [0.05, 0.1) is 16.4 Å². The maximum Gasteiger partial charge on any atom is 0.259 e. The Morgan fingerprint density at radius 2 is 1.68 bits per heavy atom. The predicted octanol–water partition coefficient (Wildman–Crippen LogP) is 2.77. The summed E-state index contributed by atoms with van der Waals surface area (Å²) in [5, 5.41) is 3.49. The molecule has 6 rings (SSSR count). The molecule has 176 valence electrons. The van der Waals surface area contributed by atoms with Crippen LogP contribution in [0.15, 0.2) is 41.2 Å². The van der Waals surface area contributed by atoms with Crippen LogP contribution in [-0.4, -0.2) is 64.0 Å². The number of fused-ring (bicyclic) bond motifs is 5. The lowest BCUT2D eigenvalue weighted by Gasteiger charge is -2.18. The highest BCUT2D eigenvalue weighted by Crippen LogP contribution is 2.27. The lowest BCUT2D eigenvalue weighted by molar-refractivity contribution is 0.0950. The van der Waals surface area contributed by atoms with E-state index >= 15 is 0 Å². The van der Waals surface area contributed by atoms with Crippen molar-refractivity contribution in [3.8, 4) is 0 Å². The number of benzene rings is 1. The van der Waals surface area contributed by atoms with Crippen LogP contribution in [0, 0.1) is 0 Å². The number of hydrogen-bond acceptors (Lipinski definition) is 5. The summed E-state index contributed by atoms with van der Waals surface area (Å²) in [5.41, 5.74) is 3.00. The Morgan fingerprint density at radius 1 is 0.971 bits per heavy atom. The predicted molar refractivity (Wildman–Crippen MR) is 135 cm³/mol. The number of anilines is 1. The number of hydrogen-bond donors (Lipinski definition) is 1. The van der Waals surface area contributed by atoms with Gasteiger partial charge in [-0.3, -0.25) is 14.0 Å². The van der Waals surface area contributed by atoms with Crippen molar-refractivity contribution in [1.82, 2.24) is 24.2 Å². The highest BCUT2D eigenvalue weighted by atomic mass is 16.2. The zero-order valence-corrected chi connectivity index (χ0v) is 19.6. The molecule has 5 heterocycles. The number of nitrogens with zero attached hydrogens (tertiary/aromatic N) is 5. The first-order chi connectivity index (χ1) is 16.6. The van der Waals surface area contributed by atoms with Crippen LogP contribution >= 0.6 is 0 Å². The van der Waals surface area contributed by atoms with Crippen LogP contribution in [0.2, 0.25) is 0 Å². The first-order valence-electron chi connectivity index (χ1n) is 12.3. The maximum absolute atomic E-state index is 13.7. The quantitative estimate of drug-likeness (QED) is 0.498. The highest BCUT2D eigenvalue weighted by molar-refractivity contribution is 6.05. The zero-order chi connectivity index (χ0) is 23.2. The number of aryl methyl sites for hydroxylation is 1. The van der Waals surface area contributed by atoms with Crippen LogP contribution in [0.3, 0.4) is 0 Å². The third-order valence-corrected chi connectivity index (χ3v) is 7.35. The minimum Gasteiger partial charge on any atom is -0.357 e. The zero-order valence-electron chi connectivity index (χ0n) is 19.6. The van der Waals surface area contributed by atoms with Crippen LogP contribution in [0.1, 0.15) is 36.0 Å². The monoisotopic (exact) mass is 458 g/mol. The van der Waals surface area contributed by atoms with Crippen LogP contribution in [0.4, 0.5) is 5.82 Å². The summed E-state index contributed by atoms with van der Waals surface area (Å²) in [4.78, 5) is 36.7. The summed E-state index contributed by atoms with van der Waals surface area (Å²) in [6, 6.07) is 11.7. The van der Waals surface area contributed by atoms with Gasteiger partial charge >= 0.3 is 0 Å². The smallest absolute Gasteiger partial charge is 0.259 e. The molecule has 34 heavy (non-hydrogen) atoms. The van der Waals surface area contributed by atoms with Gasteiger partial charge in [0, 0.05) is 33.2 Å². The largest absolute Gasteiger partial charge is 0.357 e. The van der Waals surface area contributed by atoms with E-state index in [9.17, 15) is 9.59 Å². The summed E-state index contributed by atoms with van der Waals surface area (Å²) >= 11 is 0. The molecular weight excluding hydrogens is 428 g/mol. The van der Waals surface area contributed by atoms with Crippen LogP contribution < -0.4 is 15.6 Å². The second kappa shape index (κ2) is 8.43. The molecule has 2 saturated heterocycles. The number of nitrogens with one attached hydrogen (secondary N) is 1. The third kappa shape index (κ3) is 3.36. The van der Waals surface area contributed by atoms with E-state index in [4.69, 9.17) is 4.98 Å². The number of imidazole rings is 1. The normalized spacial score (nSPS) is 16.9. The van der Waals surface area contributed by atoms with Crippen molar-refractivity contribution >= 4 is 39.4 Å². The average Bonchev–Trinajstić information content (AvgIpc) is 3.62. The second-order valence-corrected chi connectivity index (χ2v) is 9.45. The van der Waals surface area contributed by atoms with Gasteiger partial charge in [0.2, 0.25) is 5.43 Å². The Morgan fingerprint density at radius 3 is 2.44 bits per heavy atom. The van der Waals surface area contributed by atoms with Gasteiger partial charge in [0.1, 0.15) is 17.0 Å². The molecule has 1 amide bonds. The first-order valence-corrected chi connectivity index (χ1v) is 12.3. The van der Waals surface area contributed by atoms with Crippen molar-refractivity contribution in [2.45, 2.75) is 25.7 Å². The topological polar surface area (TPSA) is 74.9 Å². The van der Waals surface area contributed by atoms with Crippen molar-refractivity contribution in [1.29, 1.82) is 0 Å². The van der Waals surface area contributed by atoms with Crippen LogP contribution in [0.25, 0.3) is 27.7 Å². The Balaban J connectivity index is 1.52. The SMILES string of the molecule is Cn1c2ccccc2n2c3nc(N4CCCC4)ccc3c(=O)c(C(=O)NCCN3CCCC3)c12. The molecule has 0 aliphatic carbocycles. The van der Waals surface area contributed by atoms with Gasteiger partial charge in [-0.2, -0.15) is 0 Å². The number of pyridine rings is 2. The highest BCUT2D eigenvalue weighted by Gasteiger charge is 2.25. The van der Waals surface area contributed by atoms with Crippen molar-refractivity contribution in [2.24, 2.45) is 7.05 Å². The minimum absolute atomic E-state index is 0.184. The molecule has 2 aliphatic heterocycles. The van der Waals surface area contributed by atoms with E-state index in [0.29, 0.717) is 23.2 Å². The van der Waals surface area contributed by atoms with E-state index in [2.05, 4.69) is 15.1 Å². The standard InChI is InChI=1S/C26H30N6O2/c1-29-19-8-2-3-9-20(19)32-24-18(10-11-21(28-24)31-15-6-7-16-31)23(33)22(26(29)32)25(34)27-12-17-30-13-4-5-14-30/h2-3,8-11H,4-7,12-17H2,1H3,(H,27,34). The first kappa shape index (κ1) is 21.2. The van der Waals surface area contributed by atoms with Gasteiger partial charge < -0.3 is 19.7 Å². The van der Waals surface area contributed by atoms with Crippen molar-refractivity contribution in [3.63, 3.8) is 0 Å². The average molecular weight is 459 g/mol. The number of rotatable bonds is 5. The molecule has 0 unspecified atom stereocenters. The van der Waals surface area contributed by atoms with Gasteiger partial charge in [-0.15, -0.1) is 0 Å². The summed E-state index contributed by atoms with van der Waals surface area (Å²) < 4.78 is 3.93. The summed E-state index contributed by atoms with van der Waals surface area (Å²) in [7, 11) is 1.91. The molecule has 0 saturated carbocycles. The number of carbonyl (C=O) groups excluding carboxylic acids is 1. The lowest BCUT2D eigenvalue weighted by atomic mass is 10.1. The number of para-hydroxylation sites is 2. The van der Waals surface area contributed by atoms with Gasteiger partial charge in [-0.25, -0.2) is 4.98 Å². The molecule has 0 atom stereocenters. The fourth-order valence-corrected chi connectivity index (χ4v) is 5.58. The number of carbonyl (C=O) groups is 1. The van der Waals surface area contributed by atoms with Gasteiger partial charge in [0.15, 0.2) is 5.65 Å². The molecule has 1 aromatic carbocycles. The molecule has 0 radical (unpaired) electrons. The Labute approximate surface area is 197 Å². The molecular formula is C26H30N6O2. The van der Waals surface area contributed by atoms with E-state index in [-0.39, 0.29) is 16.9 Å². The van der Waals surface area contributed by atoms with E-state index in [0.717, 1.165) is 62.4 Å². The van der Waals surface area contributed by atoms with E-state index < -0.39 is 0 Å². The van der Waals surface area contributed by atoms with Crippen molar-refractivity contribution in [3.05, 3.63) is 52.2 Å². The van der Waals surface area contributed by atoms with Gasteiger partial charge in [-0.05, 0) is 63.0 Å². The Bertz CT molecular complexity index is 1460. The molecule has 0 spiro atoms. The molecule has 1 N–H and O–H groups in total. The molecule has 2 fully saturated rings. The number of amides is 1. The van der Waals surface area contributed by atoms with Crippen molar-refractivity contribution < 1.29 is 4.79 Å². The van der Waals surface area contributed by atoms with E-state index in [1.807, 2.05) is 52.4 Å². The summed E-state index contributed by atoms with van der Waals surface area (Å²) in [6.07, 6.45) is 4.73. The van der Waals surface area contributed by atoms with Gasteiger partial charge in [-0.1, -0.05) is 12.1 Å². The van der Waals surface area contributed by atoms with E-state index in [1.165, 1.54) is 12.8 Å². The van der Waals surface area contributed by atoms with E-state index in [1.54, 1.807) is 0 Å². The maximum atomic E-state index is 13.7. The fraction of sp³-hybridized carbons (Fsp3) is 0.423. The third-order valence-electron chi connectivity index (χ3n) is 7.35. The second-order valence-electron chi connectivity index (χ2n) is 9.45. The van der Waals surface area contributed by atoms with Gasteiger partial charge in [0.25, 0.3) is 5.91 Å². The lowest BCUT2D eigenvalue weighted by Crippen LogP contribution is -2.36. The molecule has 0 bridgehead atoms. The Hall–Kier alpha value is -3.39.